The van der Waals surface area contributed by atoms with Crippen molar-refractivity contribution in [1.82, 2.24) is 9.97 Å². The van der Waals surface area contributed by atoms with Crippen LogP contribution in [0.4, 0.5) is 5.13 Å². The first-order valence-electron chi connectivity index (χ1n) is 9.86. The summed E-state index contributed by atoms with van der Waals surface area (Å²) in [4.78, 5) is 24.2. The van der Waals surface area contributed by atoms with Crippen molar-refractivity contribution in [1.29, 1.82) is 0 Å². The Balaban J connectivity index is 1.74. The number of aryl methyl sites for hydroxylation is 1. The van der Waals surface area contributed by atoms with E-state index in [1.54, 1.807) is 25.3 Å². The Bertz CT molecular complexity index is 1150. The number of thiazole rings is 1. The Labute approximate surface area is 185 Å². The zero-order valence-corrected chi connectivity index (χ0v) is 18.5. The van der Waals surface area contributed by atoms with Crippen molar-refractivity contribution < 1.29 is 14.3 Å². The second-order valence-electron chi connectivity index (χ2n) is 7.11. The Hall–Kier alpha value is -3.45. The quantitative estimate of drug-likeness (QED) is 0.419. The molecule has 0 aliphatic heterocycles. The van der Waals surface area contributed by atoms with Crippen molar-refractivity contribution >= 4 is 32.6 Å². The predicted octanol–water partition coefficient (Wildman–Crippen LogP) is 4.79. The molecular formula is C24H23N3O3S. The minimum Gasteiger partial charge on any atom is -0.495 e. The molecule has 4 aromatic rings. The van der Waals surface area contributed by atoms with Gasteiger partial charge in [-0.1, -0.05) is 47.2 Å². The van der Waals surface area contributed by atoms with Gasteiger partial charge in [0.15, 0.2) is 5.13 Å². The molecule has 0 spiro atoms. The number of amides is 1. The Morgan fingerprint density at radius 3 is 2.42 bits per heavy atom. The highest BCUT2D eigenvalue weighted by atomic mass is 32.1. The number of rotatable bonds is 7. The number of hydrogen-bond acceptors (Lipinski definition) is 6. The second kappa shape index (κ2) is 9.14. The Morgan fingerprint density at radius 1 is 1.00 bits per heavy atom. The Morgan fingerprint density at radius 2 is 1.74 bits per heavy atom. The molecule has 31 heavy (non-hydrogen) atoms. The van der Waals surface area contributed by atoms with Gasteiger partial charge in [-0.25, -0.2) is 4.98 Å². The van der Waals surface area contributed by atoms with E-state index in [0.29, 0.717) is 28.7 Å². The number of aromatic nitrogens is 2. The second-order valence-corrected chi connectivity index (χ2v) is 8.09. The monoisotopic (exact) mass is 433 g/mol. The third-order valence-electron chi connectivity index (χ3n) is 4.95. The van der Waals surface area contributed by atoms with E-state index in [9.17, 15) is 4.79 Å². The van der Waals surface area contributed by atoms with Gasteiger partial charge >= 0.3 is 0 Å². The van der Waals surface area contributed by atoms with Crippen molar-refractivity contribution in [3.8, 4) is 11.5 Å². The van der Waals surface area contributed by atoms with Gasteiger partial charge in [-0.15, -0.1) is 0 Å². The molecule has 7 heteroatoms. The summed E-state index contributed by atoms with van der Waals surface area (Å²) in [5.41, 5.74) is 3.58. The summed E-state index contributed by atoms with van der Waals surface area (Å²) >= 11 is 1.41. The van der Waals surface area contributed by atoms with E-state index in [4.69, 9.17) is 14.5 Å². The van der Waals surface area contributed by atoms with Gasteiger partial charge in [0.1, 0.15) is 21.7 Å². The largest absolute Gasteiger partial charge is 0.495 e. The molecule has 0 aliphatic carbocycles. The fourth-order valence-electron chi connectivity index (χ4n) is 3.28. The SMILES string of the molecule is COc1ccc(OC)c2sc(N(Cc3ccccn3)C(=O)Cc3ccc(C)cc3)nc12. The van der Waals surface area contributed by atoms with Gasteiger partial charge in [0.05, 0.1) is 32.9 Å². The molecule has 2 aromatic heterocycles. The van der Waals surface area contributed by atoms with E-state index in [2.05, 4.69) is 4.98 Å². The average Bonchev–Trinajstić information content (AvgIpc) is 3.24. The van der Waals surface area contributed by atoms with Crippen molar-refractivity contribution in [2.75, 3.05) is 19.1 Å². The van der Waals surface area contributed by atoms with Crippen LogP contribution in [0, 0.1) is 6.92 Å². The summed E-state index contributed by atoms with van der Waals surface area (Å²) in [6.45, 7) is 2.36. The van der Waals surface area contributed by atoms with Gasteiger partial charge in [0, 0.05) is 6.20 Å². The van der Waals surface area contributed by atoms with E-state index < -0.39 is 0 Å². The zero-order chi connectivity index (χ0) is 21.8. The first kappa shape index (κ1) is 20.8. The number of fused-ring (bicyclic) bond motifs is 1. The number of methoxy groups -OCH3 is 2. The summed E-state index contributed by atoms with van der Waals surface area (Å²) in [5.74, 6) is 1.29. The van der Waals surface area contributed by atoms with Crippen molar-refractivity contribution in [3.63, 3.8) is 0 Å². The Kier molecular flexibility index (Phi) is 6.13. The van der Waals surface area contributed by atoms with Crippen LogP contribution in [0.5, 0.6) is 11.5 Å². The molecule has 0 saturated carbocycles. The van der Waals surface area contributed by atoms with Crippen LogP contribution < -0.4 is 14.4 Å². The molecule has 0 unspecified atom stereocenters. The normalized spacial score (nSPS) is 10.8. The number of hydrogen-bond donors (Lipinski definition) is 0. The molecule has 4 rings (SSSR count). The van der Waals surface area contributed by atoms with Crippen LogP contribution in [0.2, 0.25) is 0 Å². The average molecular weight is 434 g/mol. The number of pyridine rings is 1. The van der Waals surface area contributed by atoms with E-state index in [-0.39, 0.29) is 12.3 Å². The summed E-state index contributed by atoms with van der Waals surface area (Å²) in [6, 6.07) is 17.3. The molecule has 0 saturated heterocycles. The molecule has 2 heterocycles. The number of anilines is 1. The maximum atomic E-state index is 13.4. The van der Waals surface area contributed by atoms with Crippen LogP contribution in [-0.2, 0) is 17.8 Å². The lowest BCUT2D eigenvalue weighted by molar-refractivity contribution is -0.118. The van der Waals surface area contributed by atoms with Crippen LogP contribution in [-0.4, -0.2) is 30.1 Å². The maximum absolute atomic E-state index is 13.4. The molecule has 0 fully saturated rings. The molecule has 158 valence electrons. The molecule has 0 N–H and O–H groups in total. The standard InChI is InChI=1S/C24H23N3O3S/c1-16-7-9-17(10-8-16)14-21(28)27(15-18-6-4-5-13-25-18)24-26-22-19(29-2)11-12-20(30-3)23(22)31-24/h4-13H,14-15H2,1-3H3. The fraction of sp³-hybridized carbons (Fsp3) is 0.208. The van der Waals surface area contributed by atoms with Gasteiger partial charge < -0.3 is 9.47 Å². The number of carbonyl (C=O) groups is 1. The van der Waals surface area contributed by atoms with Crippen LogP contribution >= 0.6 is 11.3 Å². The maximum Gasteiger partial charge on any atom is 0.233 e. The third kappa shape index (κ3) is 4.51. The smallest absolute Gasteiger partial charge is 0.233 e. The summed E-state index contributed by atoms with van der Waals surface area (Å²) in [5, 5.41) is 0.584. The zero-order valence-electron chi connectivity index (χ0n) is 17.7. The van der Waals surface area contributed by atoms with Gasteiger partial charge in [-0.05, 0) is 36.8 Å². The fourth-order valence-corrected chi connectivity index (χ4v) is 4.37. The molecule has 0 aliphatic rings. The van der Waals surface area contributed by atoms with Gasteiger partial charge in [0.2, 0.25) is 5.91 Å². The molecule has 0 bridgehead atoms. The van der Waals surface area contributed by atoms with Crippen molar-refractivity contribution in [2.45, 2.75) is 19.9 Å². The lowest BCUT2D eigenvalue weighted by Crippen LogP contribution is -2.32. The lowest BCUT2D eigenvalue weighted by Gasteiger charge is -2.19. The minimum absolute atomic E-state index is 0.0495. The molecular weight excluding hydrogens is 410 g/mol. The van der Waals surface area contributed by atoms with E-state index in [0.717, 1.165) is 21.5 Å². The molecule has 6 nitrogen and oxygen atoms in total. The molecule has 1 amide bonds. The van der Waals surface area contributed by atoms with Crippen LogP contribution in [0.3, 0.4) is 0 Å². The summed E-state index contributed by atoms with van der Waals surface area (Å²) in [6.07, 6.45) is 2.00. The van der Waals surface area contributed by atoms with E-state index in [1.165, 1.54) is 11.3 Å². The van der Waals surface area contributed by atoms with E-state index in [1.807, 2.05) is 61.5 Å². The first-order chi connectivity index (χ1) is 15.1. The van der Waals surface area contributed by atoms with Crippen molar-refractivity contribution in [2.24, 2.45) is 0 Å². The number of ether oxygens (including phenoxy) is 2. The third-order valence-corrected chi connectivity index (χ3v) is 6.05. The van der Waals surface area contributed by atoms with Crippen LogP contribution in [0.25, 0.3) is 10.2 Å². The number of nitrogens with zero attached hydrogens (tertiary/aromatic N) is 3. The molecule has 0 radical (unpaired) electrons. The lowest BCUT2D eigenvalue weighted by atomic mass is 10.1. The number of benzene rings is 2. The highest BCUT2D eigenvalue weighted by Crippen LogP contribution is 2.40. The first-order valence-corrected chi connectivity index (χ1v) is 10.7. The molecule has 0 atom stereocenters. The molecule has 2 aromatic carbocycles. The van der Waals surface area contributed by atoms with Crippen LogP contribution in [0.1, 0.15) is 16.8 Å². The van der Waals surface area contributed by atoms with Gasteiger partial charge in [0.25, 0.3) is 0 Å². The summed E-state index contributed by atoms with van der Waals surface area (Å²) < 4.78 is 11.8. The highest BCUT2D eigenvalue weighted by molar-refractivity contribution is 7.22. The topological polar surface area (TPSA) is 64.6 Å². The van der Waals surface area contributed by atoms with Gasteiger partial charge in [-0.2, -0.15) is 0 Å². The highest BCUT2D eigenvalue weighted by Gasteiger charge is 2.23. The number of carbonyl (C=O) groups excluding carboxylic acids is 1. The predicted molar refractivity (Wildman–Crippen MR) is 123 cm³/mol. The summed E-state index contributed by atoms with van der Waals surface area (Å²) in [7, 11) is 3.23. The van der Waals surface area contributed by atoms with E-state index >= 15 is 0 Å². The van der Waals surface area contributed by atoms with Crippen LogP contribution in [0.15, 0.2) is 60.8 Å². The minimum atomic E-state index is -0.0495. The van der Waals surface area contributed by atoms with Gasteiger partial charge in [-0.3, -0.25) is 14.7 Å². The van der Waals surface area contributed by atoms with Crippen molar-refractivity contribution in [3.05, 3.63) is 77.6 Å².